The van der Waals surface area contributed by atoms with E-state index in [1.54, 1.807) is 61.1 Å². The van der Waals surface area contributed by atoms with Crippen molar-refractivity contribution in [1.29, 1.82) is 0 Å². The number of allylic oxidation sites excluding steroid dienone is 12. The lowest BCUT2D eigenvalue weighted by molar-refractivity contribution is -0.116. The minimum Gasteiger partial charge on any atom is -0.331 e. The standard InChI is InChI=1S/C57H56N6O6/c1-31-32(2)55(67)43(35(5)52(31)64)22-25-62-30-59-51-40(14-11-19-50(51)62)28-45-37(7)54(66)33(3)41(57(45)69)15-12-23-61-29-58-47-27-39(20-21-48(47)61)26-44-36(6)53(65)34(4)42(56(44)68)16-13-24-63-38(8)60-46-17-9-10-18-49(46)63/h9-11,14,17-21,27,29-30H,12-13,15-16,22-26,28H2,1-8H3. The van der Waals surface area contributed by atoms with E-state index in [-0.39, 0.29) is 41.1 Å². The molecule has 3 aliphatic rings. The summed E-state index contributed by atoms with van der Waals surface area (Å²) >= 11 is 0. The van der Waals surface area contributed by atoms with Gasteiger partial charge in [-0.3, -0.25) is 28.8 Å². The highest BCUT2D eigenvalue weighted by Gasteiger charge is 2.32. The number of fused-ring (bicyclic) bond motifs is 3. The van der Waals surface area contributed by atoms with E-state index in [9.17, 15) is 28.8 Å². The fourth-order valence-corrected chi connectivity index (χ4v) is 10.5. The van der Waals surface area contributed by atoms with Gasteiger partial charge in [-0.15, -0.1) is 0 Å². The highest BCUT2D eigenvalue weighted by atomic mass is 16.2. The first-order chi connectivity index (χ1) is 33.0. The van der Waals surface area contributed by atoms with Crippen LogP contribution in [0, 0.1) is 6.92 Å². The molecule has 9 rings (SSSR count). The zero-order valence-corrected chi connectivity index (χ0v) is 40.6. The first-order valence-electron chi connectivity index (χ1n) is 23.8. The maximum Gasteiger partial charge on any atom is 0.186 e. The molecule has 3 aliphatic carbocycles. The van der Waals surface area contributed by atoms with Crippen LogP contribution in [0.15, 0.2) is 140 Å². The first kappa shape index (κ1) is 46.6. The Kier molecular flexibility index (Phi) is 12.5. The van der Waals surface area contributed by atoms with Gasteiger partial charge in [0, 0.05) is 99.4 Å². The summed E-state index contributed by atoms with van der Waals surface area (Å²) in [5, 5.41) is 0. The maximum atomic E-state index is 14.3. The Bertz CT molecular complexity index is 3480. The van der Waals surface area contributed by atoms with Crippen LogP contribution in [0.3, 0.4) is 0 Å². The topological polar surface area (TPSA) is 156 Å². The number of ketones is 6. The number of aromatic nitrogens is 6. The third kappa shape index (κ3) is 8.36. The van der Waals surface area contributed by atoms with Gasteiger partial charge in [0.15, 0.2) is 34.7 Å². The molecule has 0 aliphatic heterocycles. The quantitative estimate of drug-likeness (QED) is 0.0915. The molecule has 0 spiro atoms. The molecule has 0 atom stereocenters. The largest absolute Gasteiger partial charge is 0.331 e. The number of aryl methyl sites for hydroxylation is 4. The first-order valence-corrected chi connectivity index (χ1v) is 23.8. The van der Waals surface area contributed by atoms with Crippen molar-refractivity contribution in [3.8, 4) is 0 Å². The van der Waals surface area contributed by atoms with Gasteiger partial charge < -0.3 is 13.7 Å². The van der Waals surface area contributed by atoms with E-state index in [2.05, 4.69) is 15.6 Å². The molecule has 0 bridgehead atoms. The van der Waals surface area contributed by atoms with Gasteiger partial charge in [-0.2, -0.15) is 0 Å². The predicted octanol–water partition coefficient (Wildman–Crippen LogP) is 9.85. The average Bonchev–Trinajstić information content (AvgIpc) is 4.05. The molecule has 0 saturated heterocycles. The van der Waals surface area contributed by atoms with Crippen molar-refractivity contribution in [2.45, 2.75) is 120 Å². The Labute approximate surface area is 400 Å². The van der Waals surface area contributed by atoms with Crippen LogP contribution in [0.4, 0.5) is 0 Å². The summed E-state index contributed by atoms with van der Waals surface area (Å²) in [6, 6.07) is 19.7. The van der Waals surface area contributed by atoms with E-state index in [4.69, 9.17) is 9.97 Å². The van der Waals surface area contributed by atoms with Crippen molar-refractivity contribution in [2.75, 3.05) is 0 Å². The number of para-hydroxylation sites is 3. The Balaban J connectivity index is 0.837. The lowest BCUT2D eigenvalue weighted by Crippen LogP contribution is -2.23. The van der Waals surface area contributed by atoms with Gasteiger partial charge in [0.1, 0.15) is 5.82 Å². The van der Waals surface area contributed by atoms with Crippen LogP contribution >= 0.6 is 0 Å². The molecule has 69 heavy (non-hydrogen) atoms. The van der Waals surface area contributed by atoms with Crippen LogP contribution < -0.4 is 0 Å². The monoisotopic (exact) mass is 920 g/mol. The third-order valence-corrected chi connectivity index (χ3v) is 14.8. The zero-order chi connectivity index (χ0) is 49.0. The number of imidazole rings is 3. The second-order valence-electron chi connectivity index (χ2n) is 18.8. The molecule has 0 unspecified atom stereocenters. The highest BCUT2D eigenvalue weighted by Crippen LogP contribution is 2.34. The van der Waals surface area contributed by atoms with Gasteiger partial charge in [0.05, 0.1) is 45.8 Å². The van der Waals surface area contributed by atoms with Crippen LogP contribution in [0.2, 0.25) is 0 Å². The lowest BCUT2D eigenvalue weighted by Gasteiger charge is -2.21. The van der Waals surface area contributed by atoms with Crippen LogP contribution in [-0.2, 0) is 61.2 Å². The van der Waals surface area contributed by atoms with E-state index in [1.807, 2.05) is 70.7 Å². The number of carbonyl (C=O) groups is 6. The molecule has 0 radical (unpaired) electrons. The van der Waals surface area contributed by atoms with E-state index >= 15 is 0 Å². The summed E-state index contributed by atoms with van der Waals surface area (Å²) in [4.78, 5) is 95.5. The number of benzene rings is 3. The summed E-state index contributed by atoms with van der Waals surface area (Å²) in [6.45, 7) is 15.8. The molecule has 6 aromatic rings. The molecule has 3 heterocycles. The number of hydrogen-bond donors (Lipinski definition) is 0. The number of nitrogens with zero attached hydrogens (tertiary/aromatic N) is 6. The van der Waals surface area contributed by atoms with Crippen molar-refractivity contribution < 1.29 is 28.8 Å². The van der Waals surface area contributed by atoms with Crippen molar-refractivity contribution in [2.24, 2.45) is 0 Å². The van der Waals surface area contributed by atoms with E-state index in [0.29, 0.717) is 131 Å². The van der Waals surface area contributed by atoms with Crippen molar-refractivity contribution in [3.05, 3.63) is 157 Å². The van der Waals surface area contributed by atoms with E-state index in [0.717, 1.165) is 44.5 Å². The third-order valence-electron chi connectivity index (χ3n) is 14.8. The number of rotatable bonds is 15. The van der Waals surface area contributed by atoms with Crippen molar-refractivity contribution in [3.63, 3.8) is 0 Å². The summed E-state index contributed by atoms with van der Waals surface area (Å²) in [5.74, 6) is 0.316. The molecule has 12 nitrogen and oxygen atoms in total. The van der Waals surface area contributed by atoms with Crippen LogP contribution in [-0.4, -0.2) is 63.4 Å². The molecule has 350 valence electrons. The summed E-state index contributed by atoms with van der Waals surface area (Å²) in [6.07, 6.45) is 6.63. The Morgan fingerprint density at radius 2 is 0.986 bits per heavy atom. The minimum absolute atomic E-state index is 0.0689. The van der Waals surface area contributed by atoms with E-state index in [1.165, 1.54) is 0 Å². The lowest BCUT2D eigenvalue weighted by atomic mass is 9.81. The molecule has 12 heteroatoms. The molecular weight excluding hydrogens is 865 g/mol. The fourth-order valence-electron chi connectivity index (χ4n) is 10.5. The molecule has 0 amide bonds. The predicted molar refractivity (Wildman–Crippen MR) is 266 cm³/mol. The van der Waals surface area contributed by atoms with Crippen molar-refractivity contribution in [1.82, 2.24) is 28.7 Å². The van der Waals surface area contributed by atoms with Crippen molar-refractivity contribution >= 4 is 67.8 Å². The Morgan fingerprint density at radius 1 is 0.435 bits per heavy atom. The zero-order valence-electron chi connectivity index (χ0n) is 40.6. The highest BCUT2D eigenvalue weighted by molar-refractivity contribution is 6.26. The second-order valence-corrected chi connectivity index (χ2v) is 18.8. The maximum absolute atomic E-state index is 14.3. The number of carbonyl (C=O) groups excluding carboxylic acids is 6. The molecule has 0 fully saturated rings. The molecule has 0 saturated carbocycles. The molecular formula is C57H56N6O6. The fraction of sp³-hybridized carbons (Fsp3) is 0.316. The van der Waals surface area contributed by atoms with Crippen LogP contribution in [0.25, 0.3) is 33.1 Å². The Morgan fingerprint density at radius 3 is 1.68 bits per heavy atom. The van der Waals surface area contributed by atoms with Gasteiger partial charge in [0.25, 0.3) is 0 Å². The van der Waals surface area contributed by atoms with Gasteiger partial charge in [-0.1, -0.05) is 30.3 Å². The smallest absolute Gasteiger partial charge is 0.186 e. The number of hydrogen-bond acceptors (Lipinski definition) is 9. The Hall–Kier alpha value is -7.47. The van der Waals surface area contributed by atoms with Crippen LogP contribution in [0.1, 0.15) is 97.5 Å². The SMILES string of the molecule is CC1=C(C)C(=O)C(CCn2cnc3c(CC4=C(C)C(=O)C(C)=C(CCCn5cnc6cc(CC7=C(C)C(=O)C(C)=C(CCCn8c(C)nc9ccccc98)C7=O)ccc65)C4=O)cccc32)=C(C)C1=O. The normalized spacial score (nSPS) is 16.5. The summed E-state index contributed by atoms with van der Waals surface area (Å²) in [5.41, 5.74) is 12.9. The number of Topliss-reactive ketones (excluding diaryl/α,β-unsaturated/α-hetero) is 6. The summed E-state index contributed by atoms with van der Waals surface area (Å²) in [7, 11) is 0. The van der Waals surface area contributed by atoms with Gasteiger partial charge in [-0.05, 0) is 129 Å². The van der Waals surface area contributed by atoms with Gasteiger partial charge >= 0.3 is 0 Å². The summed E-state index contributed by atoms with van der Waals surface area (Å²) < 4.78 is 6.17. The molecule has 3 aromatic heterocycles. The molecule has 3 aromatic carbocycles. The second kappa shape index (κ2) is 18.6. The van der Waals surface area contributed by atoms with Gasteiger partial charge in [0.2, 0.25) is 0 Å². The molecule has 0 N–H and O–H groups in total. The van der Waals surface area contributed by atoms with Gasteiger partial charge in [-0.25, -0.2) is 15.0 Å². The average molecular weight is 921 g/mol. The van der Waals surface area contributed by atoms with E-state index < -0.39 is 0 Å². The van der Waals surface area contributed by atoms with Crippen LogP contribution in [0.5, 0.6) is 0 Å². The minimum atomic E-state index is -0.132.